The van der Waals surface area contributed by atoms with E-state index in [4.69, 9.17) is 19.4 Å². The van der Waals surface area contributed by atoms with Crippen molar-refractivity contribution in [1.82, 2.24) is 9.97 Å². The van der Waals surface area contributed by atoms with Crippen molar-refractivity contribution in [3.63, 3.8) is 0 Å². The van der Waals surface area contributed by atoms with Crippen LogP contribution in [0.25, 0.3) is 33.7 Å². The van der Waals surface area contributed by atoms with Crippen molar-refractivity contribution in [2.24, 2.45) is 0 Å². The third-order valence-corrected chi connectivity index (χ3v) is 13.5. The third-order valence-electron chi connectivity index (χ3n) is 13.5. The van der Waals surface area contributed by atoms with Crippen molar-refractivity contribution >= 4 is 74.5 Å². The summed E-state index contributed by atoms with van der Waals surface area (Å²) in [6.07, 6.45) is 19.7. The van der Waals surface area contributed by atoms with Crippen LogP contribution < -0.4 is 19.9 Å². The van der Waals surface area contributed by atoms with Crippen molar-refractivity contribution in [1.29, 1.82) is 0 Å². The van der Waals surface area contributed by atoms with Crippen molar-refractivity contribution in [3.8, 4) is 0 Å². The Labute approximate surface area is 402 Å². The van der Waals surface area contributed by atoms with Gasteiger partial charge >= 0.3 is 35.0 Å². The van der Waals surface area contributed by atoms with Crippen LogP contribution in [0.5, 0.6) is 0 Å². The van der Waals surface area contributed by atoms with Crippen molar-refractivity contribution < 1.29 is 33.8 Å². The maximum Gasteiger partial charge on any atom is 2.00 e. The molecule has 3 aromatic rings. The van der Waals surface area contributed by atoms with E-state index in [1.54, 1.807) is 0 Å². The van der Waals surface area contributed by atoms with Crippen LogP contribution in [-0.4, -0.2) is 54.5 Å². The summed E-state index contributed by atoms with van der Waals surface area (Å²) in [6.45, 7) is 25.3. The van der Waals surface area contributed by atoms with Crippen molar-refractivity contribution in [2.45, 2.75) is 144 Å². The summed E-state index contributed by atoms with van der Waals surface area (Å²) in [6, 6.07) is 6.13. The normalized spacial score (nSPS) is 19.0. The van der Waals surface area contributed by atoms with Gasteiger partial charge in [0.1, 0.15) is 12.5 Å². The Morgan fingerprint density at radius 2 is 1.42 bits per heavy atom. The molecule has 8 bridgehead atoms. The van der Waals surface area contributed by atoms with Gasteiger partial charge in [0.2, 0.25) is 5.69 Å². The van der Waals surface area contributed by atoms with Gasteiger partial charge in [0.25, 0.3) is 0 Å². The maximum atomic E-state index is 14.4. The van der Waals surface area contributed by atoms with Crippen LogP contribution in [0.4, 0.5) is 0 Å². The monoisotopic (exact) mass is 889 g/mol. The summed E-state index contributed by atoms with van der Waals surface area (Å²) < 4.78 is 11.0. The number of fused-ring (bicyclic) bond motifs is 8. The van der Waals surface area contributed by atoms with Gasteiger partial charge in [-0.2, -0.15) is 0 Å². The molecule has 0 spiro atoms. The van der Waals surface area contributed by atoms with Crippen LogP contribution in [0.2, 0.25) is 0 Å². The third kappa shape index (κ3) is 11.3. The predicted molar refractivity (Wildman–Crippen MR) is 263 cm³/mol. The average molecular weight is 889 g/mol. The number of Topliss-reactive ketones (excluding diaryl/α,β-unsaturated/α-hetero) is 1. The number of aromatic nitrogens is 4. The molecule has 65 heavy (non-hydrogen) atoms. The van der Waals surface area contributed by atoms with E-state index in [-0.39, 0.29) is 65.6 Å². The van der Waals surface area contributed by atoms with Gasteiger partial charge in [0, 0.05) is 23.1 Å². The molecule has 5 heterocycles. The first-order valence-electron chi connectivity index (χ1n) is 23.0. The van der Waals surface area contributed by atoms with Crippen molar-refractivity contribution in [3.05, 3.63) is 128 Å². The number of esters is 2. The van der Waals surface area contributed by atoms with Gasteiger partial charge in [0.05, 0.1) is 24.9 Å². The zero-order chi connectivity index (χ0) is 46.4. The van der Waals surface area contributed by atoms with Crippen LogP contribution in [0.15, 0.2) is 77.5 Å². The number of aryl methyl sites for hydroxylation is 2. The Bertz CT molecular complexity index is 2670. The van der Waals surface area contributed by atoms with Gasteiger partial charge < -0.3 is 19.4 Å². The standard InChI is InChI=1S/C55H67N4O5.Mg/c1-13-39-35(8)42-28-44-37(10)41(24-25-48(60)64-27-26-34(7)23-17-22-33(6)21-16-20-32(5)19-15-18-31(3)4)52(58-44)50-51(55(62)63-12)54(61)49-38(11)45(59-53(49)50)30-47-40(14-2)36(9)43(57-47)29-46(39)56-42;/h13-14,18,20,22,26,28-30,36-37,41,51H,1,15-17,19,21,23-25,27H2,2-12H3,(H-,56,57,58,59,61);/q-1;+2/p+1/b32-20+,33-22+,34-26+,40-14+;/t36-,37+,41+,51-;/m1./s1. The minimum absolute atomic E-state index is 0. The van der Waals surface area contributed by atoms with E-state index in [9.17, 15) is 14.4 Å². The van der Waals surface area contributed by atoms with Crippen LogP contribution in [0.3, 0.4) is 0 Å². The fourth-order valence-electron chi connectivity index (χ4n) is 9.47. The van der Waals surface area contributed by atoms with Gasteiger partial charge in [-0.05, 0) is 137 Å². The van der Waals surface area contributed by atoms with Crippen LogP contribution >= 0.6 is 0 Å². The minimum Gasteiger partial charge on any atom is -0.657 e. The molecular weight excluding hydrogens is 821 g/mol. The molecule has 3 aromatic heterocycles. The zero-order valence-electron chi connectivity index (χ0n) is 40.7. The number of hydrogen-bond donors (Lipinski definition) is 0. The number of carbonyl (C=O) groups excluding carboxylic acids is 3. The smallest absolute Gasteiger partial charge is 0.657 e. The number of nitrogens with one attached hydrogen (secondary N) is 2. The quantitative estimate of drug-likeness (QED) is 0.0606. The first-order valence-corrected chi connectivity index (χ1v) is 23.0. The SMILES string of the molecule is C=Cc1c(C)c2cc3[nH+]c(c4c5[n-]c(cc6[nH+]c(cc1[n-]2)[C@H](C)/C6=C\C)c(C)c5C(=O)[C@@H]4C(=O)OC)[C@@H](CCC(=O)OC/C=C(\C)CC/C=C(\C)CC/C=C(\C)CCC=C(C)C)[C@@H]3C.[Mg+2]. The molecule has 338 valence electrons. The second-order valence-electron chi connectivity index (χ2n) is 18.3. The molecular formula is C55H68MgN4O5+2. The second-order valence-corrected chi connectivity index (χ2v) is 18.3. The van der Waals surface area contributed by atoms with E-state index in [0.29, 0.717) is 39.8 Å². The summed E-state index contributed by atoms with van der Waals surface area (Å²) in [5.74, 6) is -2.82. The molecule has 1 aliphatic carbocycles. The van der Waals surface area contributed by atoms with E-state index >= 15 is 0 Å². The van der Waals surface area contributed by atoms with Gasteiger partial charge in [-0.15, -0.1) is 22.1 Å². The number of H-pyrrole nitrogens is 2. The van der Waals surface area contributed by atoms with Gasteiger partial charge in [-0.25, -0.2) is 9.97 Å². The van der Waals surface area contributed by atoms with E-state index in [2.05, 4.69) is 95.4 Å². The van der Waals surface area contributed by atoms with Gasteiger partial charge in [-0.3, -0.25) is 14.4 Å². The Kier molecular flexibility index (Phi) is 17.6. The Morgan fingerprint density at radius 3 is 2.03 bits per heavy atom. The van der Waals surface area contributed by atoms with Gasteiger partial charge in [-0.1, -0.05) is 77.3 Å². The fourth-order valence-corrected chi connectivity index (χ4v) is 9.47. The molecule has 4 atom stereocenters. The van der Waals surface area contributed by atoms with Crippen LogP contribution in [0, 0.1) is 13.8 Å². The number of ether oxygens (including phenoxy) is 2. The average Bonchev–Trinajstić information content (AvgIpc) is 3.99. The molecule has 2 N–H and O–H groups in total. The number of rotatable bonds is 16. The van der Waals surface area contributed by atoms with E-state index < -0.39 is 11.9 Å². The Hall–Kier alpha value is -5.06. The van der Waals surface area contributed by atoms with E-state index in [1.165, 1.54) is 29.4 Å². The molecule has 0 saturated carbocycles. The molecule has 9 nitrogen and oxygen atoms in total. The summed E-state index contributed by atoms with van der Waals surface area (Å²) in [5, 5.41) is 0. The molecule has 10 heteroatoms. The number of hydrogen-bond acceptors (Lipinski definition) is 5. The number of carbonyl (C=O) groups is 3. The number of methoxy groups -OCH3 is 1. The molecule has 0 unspecified atom stereocenters. The summed E-state index contributed by atoms with van der Waals surface area (Å²) in [5.41, 5.74) is 16.3. The topological polar surface area (TPSA) is 126 Å². The Balaban J connectivity index is 0.00000793. The maximum absolute atomic E-state index is 14.4. The minimum atomic E-state index is -1.19. The fraction of sp³-hybridized carbons (Fsp3) is 0.436. The Morgan fingerprint density at radius 1 is 0.800 bits per heavy atom. The zero-order valence-corrected chi connectivity index (χ0v) is 42.1. The van der Waals surface area contributed by atoms with E-state index in [0.717, 1.165) is 83.3 Å². The molecule has 0 saturated heterocycles. The largest absolute Gasteiger partial charge is 2.00 e. The summed E-state index contributed by atoms with van der Waals surface area (Å²) in [4.78, 5) is 58.9. The first kappa shape index (κ1) is 50.9. The molecule has 0 amide bonds. The van der Waals surface area contributed by atoms with E-state index in [1.807, 2.05) is 45.1 Å². The number of nitrogens with zero attached hydrogens (tertiary/aromatic N) is 2. The van der Waals surface area contributed by atoms with Gasteiger partial charge in [0.15, 0.2) is 22.9 Å². The number of aromatic amines is 2. The molecule has 3 aliphatic rings. The molecule has 0 fully saturated rings. The summed E-state index contributed by atoms with van der Waals surface area (Å²) in [7, 11) is 1.30. The molecule has 0 radical (unpaired) electrons. The molecule has 6 rings (SSSR count). The molecule has 2 aliphatic heterocycles. The van der Waals surface area contributed by atoms with Crippen LogP contribution in [-0.2, 0) is 19.1 Å². The second kappa shape index (κ2) is 22.4. The number of allylic oxidation sites excluding steroid dienone is 9. The predicted octanol–water partition coefficient (Wildman–Crippen LogP) is 11.3. The number of ketones is 1. The van der Waals surface area contributed by atoms with Crippen molar-refractivity contribution in [2.75, 3.05) is 13.7 Å². The molecule has 0 aromatic carbocycles. The summed E-state index contributed by atoms with van der Waals surface area (Å²) >= 11 is 0. The first-order chi connectivity index (χ1) is 30.6. The van der Waals surface area contributed by atoms with Crippen LogP contribution in [0.1, 0.15) is 186 Å².